The predicted molar refractivity (Wildman–Crippen MR) is 94.1 cm³/mol. The van der Waals surface area contributed by atoms with Gasteiger partial charge in [0.05, 0.1) is 13.7 Å². The maximum Gasteiger partial charge on any atom is 0.191 e. The molecule has 1 saturated carbocycles. The first-order valence-electron chi connectivity index (χ1n) is 6.91. The number of methoxy groups -OCH3 is 1. The molecule has 0 unspecified atom stereocenters. The summed E-state index contributed by atoms with van der Waals surface area (Å²) in [6.45, 7) is 5.72. The van der Waals surface area contributed by atoms with Crippen molar-refractivity contribution in [3.63, 3.8) is 0 Å². The summed E-state index contributed by atoms with van der Waals surface area (Å²) in [7, 11) is 1.70. The largest absolute Gasteiger partial charge is 0.496 e. The summed E-state index contributed by atoms with van der Waals surface area (Å²) in [4.78, 5) is 4.61. The molecule has 1 aliphatic rings. The van der Waals surface area contributed by atoms with Gasteiger partial charge in [-0.05, 0) is 43.9 Å². The van der Waals surface area contributed by atoms with Gasteiger partial charge in [0.25, 0.3) is 0 Å². The number of guanidine groups is 1. The zero-order chi connectivity index (χ0) is 13.7. The van der Waals surface area contributed by atoms with Crippen LogP contribution in [0.2, 0.25) is 0 Å². The van der Waals surface area contributed by atoms with Gasteiger partial charge in [-0.2, -0.15) is 0 Å². The zero-order valence-electron chi connectivity index (χ0n) is 12.4. The number of nitrogens with one attached hydrogen (secondary N) is 2. The van der Waals surface area contributed by atoms with Crippen molar-refractivity contribution in [2.45, 2.75) is 39.3 Å². The fourth-order valence-electron chi connectivity index (χ4n) is 1.95. The van der Waals surface area contributed by atoms with Crippen molar-refractivity contribution in [2.75, 3.05) is 13.7 Å². The highest BCUT2D eigenvalue weighted by atomic mass is 127. The summed E-state index contributed by atoms with van der Waals surface area (Å²) in [6.07, 6.45) is 2.51. The second-order valence-electron chi connectivity index (χ2n) is 4.92. The summed E-state index contributed by atoms with van der Waals surface area (Å²) < 4.78 is 5.26. The molecule has 4 nitrogen and oxygen atoms in total. The van der Waals surface area contributed by atoms with Crippen LogP contribution in [-0.4, -0.2) is 25.7 Å². The molecule has 2 N–H and O–H groups in total. The van der Waals surface area contributed by atoms with Crippen molar-refractivity contribution in [3.05, 3.63) is 29.3 Å². The monoisotopic (exact) mass is 389 g/mol. The average molecular weight is 389 g/mol. The zero-order valence-corrected chi connectivity index (χ0v) is 14.7. The van der Waals surface area contributed by atoms with E-state index in [-0.39, 0.29) is 24.0 Å². The van der Waals surface area contributed by atoms with Gasteiger partial charge in [-0.15, -0.1) is 24.0 Å². The van der Waals surface area contributed by atoms with Gasteiger partial charge in [0.15, 0.2) is 5.96 Å². The lowest BCUT2D eigenvalue weighted by Gasteiger charge is -2.10. The lowest BCUT2D eigenvalue weighted by molar-refractivity contribution is 0.411. The third-order valence-electron chi connectivity index (χ3n) is 3.14. The smallest absolute Gasteiger partial charge is 0.191 e. The van der Waals surface area contributed by atoms with Crippen LogP contribution < -0.4 is 15.4 Å². The summed E-state index contributed by atoms with van der Waals surface area (Å²) >= 11 is 0. The number of ether oxygens (including phenoxy) is 1. The van der Waals surface area contributed by atoms with E-state index in [1.54, 1.807) is 7.11 Å². The van der Waals surface area contributed by atoms with Crippen LogP contribution in [0.4, 0.5) is 0 Å². The molecule has 1 aromatic rings. The molecule has 0 aliphatic heterocycles. The van der Waals surface area contributed by atoms with Crippen LogP contribution in [0.5, 0.6) is 5.75 Å². The molecule has 1 aliphatic carbocycles. The van der Waals surface area contributed by atoms with Crippen LogP contribution in [-0.2, 0) is 6.54 Å². The molecule has 2 rings (SSSR count). The first-order chi connectivity index (χ1) is 9.22. The van der Waals surface area contributed by atoms with Crippen LogP contribution in [0, 0.1) is 6.92 Å². The minimum atomic E-state index is 0. The number of rotatable bonds is 5. The van der Waals surface area contributed by atoms with E-state index < -0.39 is 0 Å². The van der Waals surface area contributed by atoms with E-state index in [9.17, 15) is 0 Å². The van der Waals surface area contributed by atoms with Gasteiger partial charge in [-0.1, -0.05) is 12.1 Å². The molecule has 20 heavy (non-hydrogen) atoms. The quantitative estimate of drug-likeness (QED) is 0.463. The Morgan fingerprint density at radius 3 is 2.70 bits per heavy atom. The number of nitrogens with zero attached hydrogens (tertiary/aromatic N) is 1. The minimum absolute atomic E-state index is 0. The Morgan fingerprint density at radius 1 is 1.40 bits per heavy atom. The number of halogens is 1. The molecule has 0 aromatic heterocycles. The fraction of sp³-hybridized carbons (Fsp3) is 0.533. The van der Waals surface area contributed by atoms with Crippen molar-refractivity contribution in [3.8, 4) is 5.75 Å². The van der Waals surface area contributed by atoms with Gasteiger partial charge >= 0.3 is 0 Å². The van der Waals surface area contributed by atoms with Crippen LogP contribution in [0.25, 0.3) is 0 Å². The molecule has 0 spiro atoms. The van der Waals surface area contributed by atoms with Crippen molar-refractivity contribution < 1.29 is 4.74 Å². The summed E-state index contributed by atoms with van der Waals surface area (Å²) in [6, 6.07) is 6.82. The number of aliphatic imine (C=N–C) groups is 1. The van der Waals surface area contributed by atoms with Crippen molar-refractivity contribution in [1.29, 1.82) is 0 Å². The Hall–Kier alpha value is -0.980. The number of hydrogen-bond donors (Lipinski definition) is 2. The normalized spacial score (nSPS) is 14.4. The van der Waals surface area contributed by atoms with Gasteiger partial charge in [0.1, 0.15) is 5.75 Å². The SMILES string of the molecule is CCNC(=NCc1ccc(OC)c(C)c1)NC1CC1.I. The second kappa shape index (κ2) is 8.34. The van der Waals surface area contributed by atoms with Crippen molar-refractivity contribution >= 4 is 29.9 Å². The minimum Gasteiger partial charge on any atom is -0.496 e. The maximum absolute atomic E-state index is 5.26. The Kier molecular flexibility index (Phi) is 7.12. The molecular formula is C15H24IN3O. The maximum atomic E-state index is 5.26. The van der Waals surface area contributed by atoms with Crippen molar-refractivity contribution in [2.24, 2.45) is 4.99 Å². The molecular weight excluding hydrogens is 365 g/mol. The Morgan fingerprint density at radius 2 is 2.15 bits per heavy atom. The topological polar surface area (TPSA) is 45.7 Å². The summed E-state index contributed by atoms with van der Waals surface area (Å²) in [5, 5.41) is 6.69. The van der Waals surface area contributed by atoms with Gasteiger partial charge < -0.3 is 15.4 Å². The van der Waals surface area contributed by atoms with E-state index in [0.717, 1.165) is 23.8 Å². The van der Waals surface area contributed by atoms with Crippen molar-refractivity contribution in [1.82, 2.24) is 10.6 Å². The van der Waals surface area contributed by atoms with Crippen LogP contribution in [0.3, 0.4) is 0 Å². The third-order valence-corrected chi connectivity index (χ3v) is 3.14. The van der Waals surface area contributed by atoms with Crippen LogP contribution in [0.15, 0.2) is 23.2 Å². The second-order valence-corrected chi connectivity index (χ2v) is 4.92. The molecule has 1 fully saturated rings. The number of hydrogen-bond acceptors (Lipinski definition) is 2. The van der Waals surface area contributed by atoms with Gasteiger partial charge in [0.2, 0.25) is 0 Å². The summed E-state index contributed by atoms with van der Waals surface area (Å²) in [5.74, 6) is 1.84. The average Bonchev–Trinajstić information content (AvgIpc) is 3.20. The molecule has 0 atom stereocenters. The predicted octanol–water partition coefficient (Wildman–Crippen LogP) is 2.84. The first kappa shape index (κ1) is 17.1. The van der Waals surface area contributed by atoms with Crippen LogP contribution >= 0.6 is 24.0 Å². The highest BCUT2D eigenvalue weighted by molar-refractivity contribution is 14.0. The van der Waals surface area contributed by atoms with E-state index in [4.69, 9.17) is 4.74 Å². The standard InChI is InChI=1S/C15H23N3O.HI/c1-4-16-15(18-13-6-7-13)17-10-12-5-8-14(19-3)11(2)9-12;/h5,8-9,13H,4,6-7,10H2,1-3H3,(H2,16,17,18);1H. The lowest BCUT2D eigenvalue weighted by atomic mass is 10.1. The van der Waals surface area contributed by atoms with Crippen LogP contribution in [0.1, 0.15) is 30.9 Å². The molecule has 0 saturated heterocycles. The first-order valence-corrected chi connectivity index (χ1v) is 6.91. The third kappa shape index (κ3) is 5.19. The Labute approximate surface area is 138 Å². The number of aryl methyl sites for hydroxylation is 1. The van der Waals surface area contributed by atoms with E-state index in [1.807, 2.05) is 6.07 Å². The van der Waals surface area contributed by atoms with E-state index in [2.05, 4.69) is 41.6 Å². The molecule has 0 bridgehead atoms. The molecule has 1 aromatic carbocycles. The molecule has 5 heteroatoms. The fourth-order valence-corrected chi connectivity index (χ4v) is 1.95. The summed E-state index contributed by atoms with van der Waals surface area (Å²) in [5.41, 5.74) is 2.35. The van der Waals surface area contributed by atoms with Gasteiger partial charge in [-0.25, -0.2) is 4.99 Å². The van der Waals surface area contributed by atoms with E-state index in [1.165, 1.54) is 18.4 Å². The van der Waals surface area contributed by atoms with Gasteiger partial charge in [0, 0.05) is 12.6 Å². The molecule has 0 heterocycles. The molecule has 0 amide bonds. The Balaban J connectivity index is 0.00000200. The lowest BCUT2D eigenvalue weighted by Crippen LogP contribution is -2.38. The highest BCUT2D eigenvalue weighted by Gasteiger charge is 2.21. The van der Waals surface area contributed by atoms with Gasteiger partial charge in [-0.3, -0.25) is 0 Å². The number of benzene rings is 1. The van der Waals surface area contributed by atoms with E-state index >= 15 is 0 Å². The Bertz CT molecular complexity index is 458. The molecule has 112 valence electrons. The molecule has 0 radical (unpaired) electrons. The van der Waals surface area contributed by atoms with E-state index in [0.29, 0.717) is 12.6 Å². The highest BCUT2D eigenvalue weighted by Crippen LogP contribution is 2.20.